The van der Waals surface area contributed by atoms with Crippen LogP contribution in [0.2, 0.25) is 0 Å². The zero-order valence-electron chi connectivity index (χ0n) is 15.0. The number of aromatic nitrogens is 2. The summed E-state index contributed by atoms with van der Waals surface area (Å²) in [6, 6.07) is 8.11. The minimum absolute atomic E-state index is 0.137. The Morgan fingerprint density at radius 3 is 2.70 bits per heavy atom. The third-order valence-corrected chi connectivity index (χ3v) is 4.06. The first kappa shape index (κ1) is 18.4. The van der Waals surface area contributed by atoms with Crippen LogP contribution in [0.15, 0.2) is 63.8 Å². The summed E-state index contributed by atoms with van der Waals surface area (Å²) in [5, 5.41) is 10.3. The zero-order chi connectivity index (χ0) is 19.4. The fourth-order valence-electron chi connectivity index (χ4n) is 2.62. The summed E-state index contributed by atoms with van der Waals surface area (Å²) < 4.78 is 1.25. The first-order valence-electron chi connectivity index (χ1n) is 8.52. The Kier molecular flexibility index (Phi) is 5.35. The molecule has 1 unspecified atom stereocenters. The Morgan fingerprint density at radius 2 is 2.04 bits per heavy atom. The Hall–Kier alpha value is -3.42. The Morgan fingerprint density at radius 1 is 1.26 bits per heavy atom. The number of carbonyl (C=O) groups excluding carboxylic acids is 2. The molecule has 2 aromatic rings. The van der Waals surface area contributed by atoms with E-state index in [1.54, 1.807) is 24.3 Å². The summed E-state index contributed by atoms with van der Waals surface area (Å²) in [6.07, 6.45) is 4.35. The molecule has 0 spiro atoms. The van der Waals surface area contributed by atoms with Gasteiger partial charge in [-0.25, -0.2) is 4.98 Å². The second-order valence-electron chi connectivity index (χ2n) is 6.43. The number of hydrogen-bond donors (Lipinski definition) is 1. The molecule has 8 heteroatoms. The number of benzene rings is 1. The van der Waals surface area contributed by atoms with Gasteiger partial charge in [0.25, 0.3) is 11.5 Å². The maximum absolute atomic E-state index is 12.4. The highest BCUT2D eigenvalue weighted by molar-refractivity contribution is 5.92. The summed E-state index contributed by atoms with van der Waals surface area (Å²) in [7, 11) is 0. The van der Waals surface area contributed by atoms with Crippen molar-refractivity contribution in [1.29, 1.82) is 0 Å². The zero-order valence-corrected chi connectivity index (χ0v) is 15.0. The number of rotatable bonds is 5. The Labute approximate surface area is 155 Å². The molecule has 138 valence electrons. The van der Waals surface area contributed by atoms with E-state index >= 15 is 0 Å². The van der Waals surface area contributed by atoms with Crippen molar-refractivity contribution < 1.29 is 9.59 Å². The molecule has 1 aromatic carbocycles. The van der Waals surface area contributed by atoms with E-state index in [9.17, 15) is 14.4 Å². The summed E-state index contributed by atoms with van der Waals surface area (Å²) in [5.74, 6) is -0.640. The molecule has 3 rings (SSSR count). The van der Waals surface area contributed by atoms with Gasteiger partial charge in [-0.15, -0.1) is 5.11 Å². The number of hydrogen-bond acceptors (Lipinski definition) is 5. The summed E-state index contributed by atoms with van der Waals surface area (Å²) in [4.78, 5) is 39.9. The molecule has 8 nitrogen and oxygen atoms in total. The van der Waals surface area contributed by atoms with E-state index < -0.39 is 11.9 Å². The number of para-hydroxylation sites is 1. The van der Waals surface area contributed by atoms with Crippen LogP contribution in [0.4, 0.5) is 5.69 Å². The molecule has 2 heterocycles. The molecular weight excluding hydrogens is 346 g/mol. The number of carbonyl (C=O) groups is 2. The lowest BCUT2D eigenvalue weighted by molar-refractivity contribution is -0.117. The highest BCUT2D eigenvalue weighted by Gasteiger charge is 2.17. The minimum atomic E-state index is -0.450. The molecule has 0 saturated carbocycles. The minimum Gasteiger partial charge on any atom is -0.324 e. The maximum atomic E-state index is 12.4. The maximum Gasteiger partial charge on any atom is 0.287 e. The average molecular weight is 365 g/mol. The molecule has 0 bridgehead atoms. The van der Waals surface area contributed by atoms with Gasteiger partial charge in [0.1, 0.15) is 12.6 Å². The second-order valence-corrected chi connectivity index (χ2v) is 6.43. The van der Waals surface area contributed by atoms with Gasteiger partial charge in [0.2, 0.25) is 5.91 Å². The molecule has 0 saturated heterocycles. The van der Waals surface area contributed by atoms with Crippen molar-refractivity contribution in [2.45, 2.75) is 32.4 Å². The van der Waals surface area contributed by atoms with Gasteiger partial charge in [-0.2, -0.15) is 5.11 Å². The summed E-state index contributed by atoms with van der Waals surface area (Å²) in [5.41, 5.74) is 1.66. The van der Waals surface area contributed by atoms with Crippen LogP contribution in [-0.2, 0) is 16.1 Å². The largest absolute Gasteiger partial charge is 0.324 e. The fraction of sp³-hybridized carbons (Fsp3) is 0.263. The van der Waals surface area contributed by atoms with Gasteiger partial charge < -0.3 is 5.32 Å². The van der Waals surface area contributed by atoms with E-state index in [0.717, 1.165) is 0 Å². The lowest BCUT2D eigenvalue weighted by Crippen LogP contribution is -2.28. The normalized spacial score (nSPS) is 16.0. The van der Waals surface area contributed by atoms with Crippen molar-refractivity contribution in [2.24, 2.45) is 10.2 Å². The van der Waals surface area contributed by atoms with Crippen LogP contribution < -0.4 is 10.9 Å². The van der Waals surface area contributed by atoms with Crippen molar-refractivity contribution in [2.75, 3.05) is 5.32 Å². The van der Waals surface area contributed by atoms with E-state index in [4.69, 9.17) is 0 Å². The van der Waals surface area contributed by atoms with Crippen LogP contribution in [0.3, 0.4) is 0 Å². The van der Waals surface area contributed by atoms with Crippen LogP contribution in [0.5, 0.6) is 0 Å². The van der Waals surface area contributed by atoms with Gasteiger partial charge in [-0.05, 0) is 18.1 Å². The van der Waals surface area contributed by atoms with Crippen molar-refractivity contribution in [1.82, 2.24) is 9.55 Å². The molecule has 2 amide bonds. The number of nitrogens with one attached hydrogen (secondary N) is 1. The Bertz CT molecular complexity index is 975. The molecule has 0 radical (unpaired) electrons. The van der Waals surface area contributed by atoms with Gasteiger partial charge in [0.05, 0.1) is 12.0 Å². The molecule has 27 heavy (non-hydrogen) atoms. The molecule has 1 aromatic heterocycles. The van der Waals surface area contributed by atoms with Gasteiger partial charge >= 0.3 is 0 Å². The lowest BCUT2D eigenvalue weighted by atomic mass is 10.0. The van der Waals surface area contributed by atoms with Crippen molar-refractivity contribution in [3.05, 3.63) is 70.4 Å². The predicted molar refractivity (Wildman–Crippen MR) is 99.4 cm³/mol. The lowest BCUT2D eigenvalue weighted by Gasteiger charge is -2.15. The van der Waals surface area contributed by atoms with Gasteiger partial charge in [-0.3, -0.25) is 19.0 Å². The van der Waals surface area contributed by atoms with Crippen LogP contribution in [0.1, 0.15) is 37.1 Å². The van der Waals surface area contributed by atoms with Gasteiger partial charge in [-0.1, -0.05) is 32.0 Å². The molecule has 1 aliphatic heterocycles. The molecule has 0 aliphatic carbocycles. The van der Waals surface area contributed by atoms with E-state index in [1.807, 2.05) is 19.9 Å². The number of amides is 2. The highest BCUT2D eigenvalue weighted by Crippen LogP contribution is 2.28. The standard InChI is InChI=1S/C19H19N5O3/c1-12(2)16-9-19(27)24(11-20-16)10-18(26)21-14-6-4-3-5-13(14)15-7-8-17(25)23-22-15/h3-9,11-12,15H,10H2,1-2H3,(H,21,26). The van der Waals surface area contributed by atoms with Crippen LogP contribution in [0.25, 0.3) is 0 Å². The average Bonchev–Trinajstić information content (AvgIpc) is 2.64. The molecule has 0 fully saturated rings. The van der Waals surface area contributed by atoms with Crippen molar-refractivity contribution in [3.63, 3.8) is 0 Å². The third kappa shape index (κ3) is 4.41. The molecular formula is C19H19N5O3. The van der Waals surface area contributed by atoms with E-state index in [2.05, 4.69) is 20.5 Å². The van der Waals surface area contributed by atoms with Gasteiger partial charge in [0, 0.05) is 23.4 Å². The summed E-state index contributed by atoms with van der Waals surface area (Å²) in [6.45, 7) is 3.74. The van der Waals surface area contributed by atoms with Gasteiger partial charge in [0.15, 0.2) is 0 Å². The fourth-order valence-corrected chi connectivity index (χ4v) is 2.62. The van der Waals surface area contributed by atoms with Crippen LogP contribution in [0, 0.1) is 0 Å². The highest BCUT2D eigenvalue weighted by atomic mass is 16.2. The molecule has 1 N–H and O–H groups in total. The first-order valence-corrected chi connectivity index (χ1v) is 8.52. The Balaban J connectivity index is 1.76. The SMILES string of the molecule is CC(C)c1cc(=O)n(CC(=O)Nc2ccccc2C2C=CC(=O)N=N2)cn1. The number of azo groups is 1. The van der Waals surface area contributed by atoms with E-state index in [0.29, 0.717) is 16.9 Å². The van der Waals surface area contributed by atoms with E-state index in [-0.39, 0.29) is 23.9 Å². The second kappa shape index (κ2) is 7.86. The summed E-state index contributed by atoms with van der Waals surface area (Å²) >= 11 is 0. The quantitative estimate of drug-likeness (QED) is 0.879. The van der Waals surface area contributed by atoms with E-state index in [1.165, 1.54) is 23.0 Å². The molecule has 1 atom stereocenters. The van der Waals surface area contributed by atoms with Crippen LogP contribution in [-0.4, -0.2) is 21.4 Å². The van der Waals surface area contributed by atoms with Crippen molar-refractivity contribution in [3.8, 4) is 0 Å². The van der Waals surface area contributed by atoms with Crippen molar-refractivity contribution >= 4 is 17.5 Å². The smallest absolute Gasteiger partial charge is 0.287 e. The predicted octanol–water partition coefficient (Wildman–Crippen LogP) is 2.60. The number of nitrogens with zero attached hydrogens (tertiary/aromatic N) is 4. The monoisotopic (exact) mass is 365 g/mol. The first-order chi connectivity index (χ1) is 12.9. The number of anilines is 1. The topological polar surface area (TPSA) is 106 Å². The van der Waals surface area contributed by atoms with Crippen LogP contribution >= 0.6 is 0 Å². The third-order valence-electron chi connectivity index (χ3n) is 4.06. The molecule has 1 aliphatic rings.